The van der Waals surface area contributed by atoms with Gasteiger partial charge in [-0.1, -0.05) is 6.92 Å². The topological polar surface area (TPSA) is 28.2 Å². The molecule has 1 saturated heterocycles. The average molecular weight is 219 g/mol. The van der Waals surface area contributed by atoms with Crippen molar-refractivity contribution in [3.05, 3.63) is 18.3 Å². The highest BCUT2D eigenvalue weighted by Crippen LogP contribution is 2.19. The zero-order valence-electron chi connectivity index (χ0n) is 10.2. The van der Waals surface area contributed by atoms with Crippen LogP contribution >= 0.6 is 0 Å². The average Bonchev–Trinajstić information content (AvgIpc) is 2.83. The van der Waals surface area contributed by atoms with Crippen molar-refractivity contribution in [2.45, 2.75) is 39.2 Å². The second-order valence-electron chi connectivity index (χ2n) is 4.55. The molecule has 1 aliphatic heterocycles. The zero-order valence-corrected chi connectivity index (χ0v) is 10.2. The van der Waals surface area contributed by atoms with E-state index < -0.39 is 0 Å². The van der Waals surface area contributed by atoms with Gasteiger partial charge in [0, 0.05) is 19.1 Å². The normalized spacial score (nSPS) is 17.5. The molecule has 0 aromatic carbocycles. The van der Waals surface area contributed by atoms with E-state index in [-0.39, 0.29) is 0 Å². The van der Waals surface area contributed by atoms with Crippen LogP contribution in [0, 0.1) is 0 Å². The van der Waals surface area contributed by atoms with Gasteiger partial charge in [-0.15, -0.1) is 0 Å². The van der Waals surface area contributed by atoms with Crippen molar-refractivity contribution in [3.63, 3.8) is 0 Å². The number of nitrogens with one attached hydrogen (secondary N) is 1. The second-order valence-corrected chi connectivity index (χ2v) is 4.55. The predicted octanol–water partition coefficient (Wildman–Crippen LogP) is 2.89. The van der Waals surface area contributed by atoms with Crippen molar-refractivity contribution in [1.82, 2.24) is 4.98 Å². The first-order chi connectivity index (χ1) is 7.79. The van der Waals surface area contributed by atoms with Gasteiger partial charge >= 0.3 is 0 Å². The van der Waals surface area contributed by atoms with E-state index in [9.17, 15) is 0 Å². The molecule has 2 heterocycles. The maximum absolute atomic E-state index is 4.51. The molecule has 1 N–H and O–H groups in total. The van der Waals surface area contributed by atoms with Crippen LogP contribution in [0.2, 0.25) is 0 Å². The summed E-state index contributed by atoms with van der Waals surface area (Å²) in [6, 6.07) is 4.77. The van der Waals surface area contributed by atoms with E-state index in [4.69, 9.17) is 0 Å². The molecule has 0 radical (unpaired) electrons. The summed E-state index contributed by atoms with van der Waals surface area (Å²) in [5, 5.41) is 3.43. The smallest absolute Gasteiger partial charge is 0.128 e. The van der Waals surface area contributed by atoms with Gasteiger partial charge in [0.05, 0.1) is 11.9 Å². The fourth-order valence-corrected chi connectivity index (χ4v) is 1.99. The number of pyridine rings is 1. The van der Waals surface area contributed by atoms with Crippen LogP contribution < -0.4 is 10.2 Å². The van der Waals surface area contributed by atoms with Crippen LogP contribution in [-0.4, -0.2) is 24.1 Å². The monoisotopic (exact) mass is 219 g/mol. The van der Waals surface area contributed by atoms with Crippen LogP contribution in [0.25, 0.3) is 0 Å². The predicted molar refractivity (Wildman–Crippen MR) is 69.1 cm³/mol. The second kappa shape index (κ2) is 5.19. The fourth-order valence-electron chi connectivity index (χ4n) is 1.99. The van der Waals surface area contributed by atoms with Crippen molar-refractivity contribution in [3.8, 4) is 0 Å². The molecule has 88 valence electrons. The Labute approximate surface area is 97.9 Å². The molecule has 0 bridgehead atoms. The molecule has 1 aliphatic rings. The number of rotatable bonds is 4. The third-order valence-electron chi connectivity index (χ3n) is 3.20. The maximum Gasteiger partial charge on any atom is 0.128 e. The van der Waals surface area contributed by atoms with E-state index in [1.165, 1.54) is 12.8 Å². The van der Waals surface area contributed by atoms with E-state index in [2.05, 4.69) is 41.2 Å². The van der Waals surface area contributed by atoms with Gasteiger partial charge in [0.2, 0.25) is 0 Å². The van der Waals surface area contributed by atoms with Gasteiger partial charge in [0.25, 0.3) is 0 Å². The Morgan fingerprint density at radius 2 is 2.12 bits per heavy atom. The fraction of sp³-hybridized carbons (Fsp3) is 0.615. The van der Waals surface area contributed by atoms with Gasteiger partial charge in [-0.25, -0.2) is 4.98 Å². The third-order valence-corrected chi connectivity index (χ3v) is 3.20. The highest BCUT2D eigenvalue weighted by Gasteiger charge is 2.12. The molecule has 0 saturated carbocycles. The van der Waals surface area contributed by atoms with E-state index in [1.807, 2.05) is 6.20 Å². The van der Waals surface area contributed by atoms with E-state index in [0.29, 0.717) is 6.04 Å². The molecule has 1 fully saturated rings. The van der Waals surface area contributed by atoms with Crippen LogP contribution in [0.3, 0.4) is 0 Å². The summed E-state index contributed by atoms with van der Waals surface area (Å²) in [5.41, 5.74) is 1.12. The van der Waals surface area contributed by atoms with Crippen molar-refractivity contribution >= 4 is 11.5 Å². The van der Waals surface area contributed by atoms with Crippen molar-refractivity contribution in [2.75, 3.05) is 23.3 Å². The van der Waals surface area contributed by atoms with E-state index >= 15 is 0 Å². The molecule has 0 aliphatic carbocycles. The quantitative estimate of drug-likeness (QED) is 0.844. The molecule has 2 rings (SSSR count). The molecular formula is C13H21N3. The molecular weight excluding hydrogens is 198 g/mol. The van der Waals surface area contributed by atoms with Crippen LogP contribution in [-0.2, 0) is 0 Å². The largest absolute Gasteiger partial charge is 0.381 e. The standard InChI is InChI=1S/C13H21N3/c1-3-11(2)15-12-6-7-13(14-10-12)16-8-4-5-9-16/h6-7,10-11,15H,3-5,8-9H2,1-2H3. The zero-order chi connectivity index (χ0) is 11.4. The Morgan fingerprint density at radius 3 is 2.69 bits per heavy atom. The Kier molecular flexibility index (Phi) is 3.65. The van der Waals surface area contributed by atoms with Crippen LogP contribution in [0.1, 0.15) is 33.1 Å². The number of nitrogens with zero attached hydrogens (tertiary/aromatic N) is 2. The lowest BCUT2D eigenvalue weighted by atomic mass is 10.2. The maximum atomic E-state index is 4.51. The van der Waals surface area contributed by atoms with Gasteiger partial charge in [0.15, 0.2) is 0 Å². The molecule has 1 atom stereocenters. The Balaban J connectivity index is 1.98. The Bertz CT molecular complexity index is 314. The molecule has 1 aromatic rings. The minimum atomic E-state index is 0.513. The highest BCUT2D eigenvalue weighted by molar-refractivity contribution is 5.49. The van der Waals surface area contributed by atoms with Crippen molar-refractivity contribution < 1.29 is 0 Å². The first kappa shape index (κ1) is 11.2. The first-order valence-corrected chi connectivity index (χ1v) is 6.27. The summed E-state index contributed by atoms with van der Waals surface area (Å²) in [4.78, 5) is 6.87. The first-order valence-electron chi connectivity index (χ1n) is 6.27. The number of hydrogen-bond donors (Lipinski definition) is 1. The molecule has 0 spiro atoms. The number of hydrogen-bond acceptors (Lipinski definition) is 3. The molecule has 1 unspecified atom stereocenters. The van der Waals surface area contributed by atoms with E-state index in [0.717, 1.165) is 31.0 Å². The Morgan fingerprint density at radius 1 is 1.38 bits per heavy atom. The summed E-state index contributed by atoms with van der Waals surface area (Å²) >= 11 is 0. The summed E-state index contributed by atoms with van der Waals surface area (Å²) in [6.45, 7) is 6.69. The van der Waals surface area contributed by atoms with Gasteiger partial charge in [-0.05, 0) is 38.3 Å². The summed E-state index contributed by atoms with van der Waals surface area (Å²) in [7, 11) is 0. The van der Waals surface area contributed by atoms with Gasteiger partial charge in [-0.3, -0.25) is 0 Å². The third kappa shape index (κ3) is 2.65. The number of anilines is 2. The van der Waals surface area contributed by atoms with Crippen LogP contribution in [0.15, 0.2) is 18.3 Å². The van der Waals surface area contributed by atoms with Crippen LogP contribution in [0.4, 0.5) is 11.5 Å². The van der Waals surface area contributed by atoms with Crippen LogP contribution in [0.5, 0.6) is 0 Å². The molecule has 3 nitrogen and oxygen atoms in total. The van der Waals surface area contributed by atoms with E-state index in [1.54, 1.807) is 0 Å². The molecule has 1 aromatic heterocycles. The SMILES string of the molecule is CCC(C)Nc1ccc(N2CCCC2)nc1. The lowest BCUT2D eigenvalue weighted by Gasteiger charge is -2.17. The molecule has 16 heavy (non-hydrogen) atoms. The number of aromatic nitrogens is 1. The van der Waals surface area contributed by atoms with Crippen molar-refractivity contribution in [1.29, 1.82) is 0 Å². The lowest BCUT2D eigenvalue weighted by Crippen LogP contribution is -2.19. The van der Waals surface area contributed by atoms with Crippen molar-refractivity contribution in [2.24, 2.45) is 0 Å². The summed E-state index contributed by atoms with van der Waals surface area (Å²) in [6.07, 6.45) is 5.68. The Hall–Kier alpha value is -1.25. The molecule has 0 amide bonds. The van der Waals surface area contributed by atoms with Gasteiger partial charge < -0.3 is 10.2 Å². The minimum absolute atomic E-state index is 0.513. The highest BCUT2D eigenvalue weighted by atomic mass is 15.2. The van der Waals surface area contributed by atoms with Gasteiger partial charge in [-0.2, -0.15) is 0 Å². The lowest BCUT2D eigenvalue weighted by molar-refractivity contribution is 0.763. The minimum Gasteiger partial charge on any atom is -0.381 e. The molecule has 3 heteroatoms. The van der Waals surface area contributed by atoms with Gasteiger partial charge in [0.1, 0.15) is 5.82 Å². The summed E-state index contributed by atoms with van der Waals surface area (Å²) in [5.74, 6) is 1.12. The summed E-state index contributed by atoms with van der Waals surface area (Å²) < 4.78 is 0.